The molecule has 7 nitrogen and oxygen atoms in total. The number of hydrogen-bond donors (Lipinski definition) is 1. The van der Waals surface area contributed by atoms with Crippen molar-refractivity contribution in [1.82, 2.24) is 14.7 Å². The topological polar surface area (TPSA) is 79.6 Å². The second-order valence-electron chi connectivity index (χ2n) is 8.48. The fourth-order valence-electron chi connectivity index (χ4n) is 3.67. The maximum Gasteiger partial charge on any atom is 0.278 e. The molecule has 0 saturated heterocycles. The van der Waals surface area contributed by atoms with Gasteiger partial charge in [-0.25, -0.2) is 4.99 Å². The van der Waals surface area contributed by atoms with Crippen LogP contribution in [0.4, 0.5) is 5.69 Å². The molecule has 0 spiro atoms. The molecule has 2 amide bonds. The Labute approximate surface area is 197 Å². The number of thioether (sulfide) groups is 1. The Kier molecular flexibility index (Phi) is 6.65. The Morgan fingerprint density at radius 1 is 1.18 bits per heavy atom. The molecule has 0 fully saturated rings. The van der Waals surface area contributed by atoms with Gasteiger partial charge in [-0.05, 0) is 41.8 Å². The minimum Gasteiger partial charge on any atom is -0.325 e. The van der Waals surface area contributed by atoms with E-state index in [-0.39, 0.29) is 23.5 Å². The number of fused-ring (bicyclic) bond motifs is 1. The van der Waals surface area contributed by atoms with Crippen molar-refractivity contribution in [1.29, 1.82) is 0 Å². The SMILES string of the molecule is Cc1nn(C)cc1C=C1N=C(SCC(=O)Nc2ccc3ccccc3c2)N(CC(C)C)C1=O. The molecule has 2 aromatic carbocycles. The summed E-state index contributed by atoms with van der Waals surface area (Å²) < 4.78 is 1.71. The number of carbonyl (C=O) groups excluding carboxylic acids is 2. The van der Waals surface area contributed by atoms with Gasteiger partial charge in [0.25, 0.3) is 5.91 Å². The Bertz CT molecular complexity index is 1270. The largest absolute Gasteiger partial charge is 0.325 e. The van der Waals surface area contributed by atoms with Gasteiger partial charge in [-0.15, -0.1) is 0 Å². The fraction of sp³-hybridized carbons (Fsp3) is 0.280. The highest BCUT2D eigenvalue weighted by atomic mass is 32.2. The summed E-state index contributed by atoms with van der Waals surface area (Å²) in [6.07, 6.45) is 3.63. The standard InChI is InChI=1S/C25H27N5O2S/c1-16(2)13-30-24(32)22(12-20-14-29(4)28-17(20)3)27-25(30)33-15-23(31)26-21-10-9-18-7-5-6-8-19(18)11-21/h5-12,14,16H,13,15H2,1-4H3,(H,26,31). The molecular weight excluding hydrogens is 434 g/mol. The van der Waals surface area contributed by atoms with Gasteiger partial charge in [0.15, 0.2) is 5.17 Å². The van der Waals surface area contributed by atoms with Gasteiger partial charge in [-0.1, -0.05) is 55.9 Å². The first kappa shape index (κ1) is 22.8. The third kappa shape index (κ3) is 5.34. The molecule has 0 bridgehead atoms. The summed E-state index contributed by atoms with van der Waals surface area (Å²) in [7, 11) is 1.84. The molecule has 1 aromatic heterocycles. The molecule has 8 heteroatoms. The molecule has 1 N–H and O–H groups in total. The molecule has 2 heterocycles. The van der Waals surface area contributed by atoms with Gasteiger partial charge >= 0.3 is 0 Å². The van der Waals surface area contributed by atoms with Crippen molar-refractivity contribution in [3.8, 4) is 0 Å². The van der Waals surface area contributed by atoms with Crippen molar-refractivity contribution < 1.29 is 9.59 Å². The number of rotatable bonds is 6. The zero-order valence-corrected chi connectivity index (χ0v) is 20.0. The summed E-state index contributed by atoms with van der Waals surface area (Å²) in [6.45, 7) is 6.54. The van der Waals surface area contributed by atoms with Gasteiger partial charge in [-0.2, -0.15) is 5.10 Å². The fourth-order valence-corrected chi connectivity index (χ4v) is 4.48. The van der Waals surface area contributed by atoms with Crippen LogP contribution in [0.1, 0.15) is 25.1 Å². The first-order valence-electron chi connectivity index (χ1n) is 10.8. The van der Waals surface area contributed by atoms with Crippen LogP contribution in [0.25, 0.3) is 16.8 Å². The van der Waals surface area contributed by atoms with Gasteiger partial charge in [0.05, 0.1) is 11.4 Å². The average Bonchev–Trinajstić information content (AvgIpc) is 3.24. The minimum absolute atomic E-state index is 0.143. The number of nitrogens with zero attached hydrogens (tertiary/aromatic N) is 4. The number of aromatic nitrogens is 2. The normalized spacial score (nSPS) is 15.1. The smallest absolute Gasteiger partial charge is 0.278 e. The van der Waals surface area contributed by atoms with E-state index in [9.17, 15) is 9.59 Å². The first-order chi connectivity index (χ1) is 15.8. The molecule has 0 atom stereocenters. The van der Waals surface area contributed by atoms with Crippen LogP contribution in [-0.2, 0) is 16.6 Å². The van der Waals surface area contributed by atoms with Gasteiger partial charge in [-0.3, -0.25) is 19.2 Å². The zero-order chi connectivity index (χ0) is 23.5. The lowest BCUT2D eigenvalue weighted by molar-refractivity contribution is -0.122. The molecule has 33 heavy (non-hydrogen) atoms. The molecular formula is C25H27N5O2S. The van der Waals surface area contributed by atoms with Crippen LogP contribution < -0.4 is 5.32 Å². The van der Waals surface area contributed by atoms with E-state index >= 15 is 0 Å². The summed E-state index contributed by atoms with van der Waals surface area (Å²) in [5.74, 6) is 0.137. The van der Waals surface area contributed by atoms with Gasteiger partial charge in [0.2, 0.25) is 5.91 Å². The lowest BCUT2D eigenvalue weighted by Gasteiger charge is -2.19. The Balaban J connectivity index is 1.48. The number of aliphatic imine (C=N–C) groups is 1. The van der Waals surface area contributed by atoms with E-state index in [1.165, 1.54) is 11.8 Å². The van der Waals surface area contributed by atoms with Gasteiger partial charge in [0, 0.05) is 31.0 Å². The van der Waals surface area contributed by atoms with Crippen molar-refractivity contribution >= 4 is 51.3 Å². The van der Waals surface area contributed by atoms with Crippen LogP contribution in [-0.4, -0.2) is 44.0 Å². The molecule has 0 saturated carbocycles. The van der Waals surface area contributed by atoms with Crippen molar-refractivity contribution in [2.45, 2.75) is 20.8 Å². The maximum atomic E-state index is 13.0. The number of amidine groups is 1. The predicted octanol–water partition coefficient (Wildman–Crippen LogP) is 4.45. The zero-order valence-electron chi connectivity index (χ0n) is 19.2. The lowest BCUT2D eigenvalue weighted by Crippen LogP contribution is -2.34. The molecule has 3 aromatic rings. The van der Waals surface area contributed by atoms with Crippen LogP contribution in [0.5, 0.6) is 0 Å². The monoisotopic (exact) mass is 461 g/mol. The third-order valence-corrected chi connectivity index (χ3v) is 6.14. The van der Waals surface area contributed by atoms with E-state index in [0.29, 0.717) is 17.4 Å². The first-order valence-corrected chi connectivity index (χ1v) is 11.8. The summed E-state index contributed by atoms with van der Waals surface area (Å²) in [6, 6.07) is 13.8. The van der Waals surface area contributed by atoms with E-state index < -0.39 is 0 Å². The summed E-state index contributed by atoms with van der Waals surface area (Å²) in [5, 5.41) is 10.0. The van der Waals surface area contributed by atoms with E-state index in [0.717, 1.165) is 27.7 Å². The molecule has 170 valence electrons. The lowest BCUT2D eigenvalue weighted by atomic mass is 10.1. The molecule has 0 radical (unpaired) electrons. The van der Waals surface area contributed by atoms with Crippen LogP contribution in [0, 0.1) is 12.8 Å². The number of nitrogens with one attached hydrogen (secondary N) is 1. The van der Waals surface area contributed by atoms with Crippen LogP contribution >= 0.6 is 11.8 Å². The quantitative estimate of drug-likeness (QED) is 0.550. The van der Waals surface area contributed by atoms with Gasteiger partial charge < -0.3 is 5.32 Å². The summed E-state index contributed by atoms with van der Waals surface area (Å²) >= 11 is 1.27. The van der Waals surface area contributed by atoms with Crippen molar-refractivity contribution in [3.05, 3.63) is 65.6 Å². The Hall–Kier alpha value is -3.39. The number of hydrogen-bond acceptors (Lipinski definition) is 5. The highest BCUT2D eigenvalue weighted by Gasteiger charge is 2.31. The van der Waals surface area contributed by atoms with Gasteiger partial charge in [0.1, 0.15) is 5.70 Å². The molecule has 1 aliphatic heterocycles. The van der Waals surface area contributed by atoms with E-state index in [1.54, 1.807) is 15.7 Å². The second kappa shape index (κ2) is 9.62. The van der Waals surface area contributed by atoms with Crippen molar-refractivity contribution in [2.24, 2.45) is 18.0 Å². The number of aryl methyl sites for hydroxylation is 2. The number of benzene rings is 2. The maximum absolute atomic E-state index is 13.0. The molecule has 0 unspecified atom stereocenters. The number of amides is 2. The predicted molar refractivity (Wildman–Crippen MR) is 135 cm³/mol. The molecule has 0 aliphatic carbocycles. The average molecular weight is 462 g/mol. The van der Waals surface area contributed by atoms with E-state index in [4.69, 9.17) is 0 Å². The highest BCUT2D eigenvalue weighted by Crippen LogP contribution is 2.26. The van der Waals surface area contributed by atoms with Crippen LogP contribution in [0.2, 0.25) is 0 Å². The second-order valence-corrected chi connectivity index (χ2v) is 9.42. The Morgan fingerprint density at radius 3 is 2.64 bits per heavy atom. The number of carbonyl (C=O) groups is 2. The van der Waals surface area contributed by atoms with E-state index in [1.807, 2.05) is 62.6 Å². The Morgan fingerprint density at radius 2 is 1.94 bits per heavy atom. The number of anilines is 1. The van der Waals surface area contributed by atoms with Crippen molar-refractivity contribution in [2.75, 3.05) is 17.6 Å². The molecule has 4 rings (SSSR count). The third-order valence-electron chi connectivity index (χ3n) is 5.17. The van der Waals surface area contributed by atoms with Crippen LogP contribution in [0.15, 0.2) is 59.4 Å². The van der Waals surface area contributed by atoms with Crippen molar-refractivity contribution in [3.63, 3.8) is 0 Å². The molecule has 1 aliphatic rings. The summed E-state index contributed by atoms with van der Waals surface area (Å²) in [4.78, 5) is 31.9. The highest BCUT2D eigenvalue weighted by molar-refractivity contribution is 8.14. The summed E-state index contributed by atoms with van der Waals surface area (Å²) in [5.41, 5.74) is 2.80. The van der Waals surface area contributed by atoms with Crippen LogP contribution in [0.3, 0.4) is 0 Å². The van der Waals surface area contributed by atoms with E-state index in [2.05, 4.69) is 29.3 Å². The minimum atomic E-state index is -0.149.